The molecule has 0 aliphatic carbocycles. The quantitative estimate of drug-likeness (QED) is 0.105. The fourth-order valence-corrected chi connectivity index (χ4v) is 6.08. The number of hydrogen-bond acceptors (Lipinski definition) is 7. The van der Waals surface area contributed by atoms with E-state index in [1.54, 1.807) is 97.1 Å². The molecule has 0 saturated carbocycles. The van der Waals surface area contributed by atoms with Crippen LogP contribution in [0.1, 0.15) is 49.1 Å². The SMILES string of the molecule is O=C(c1ccccc1)c1ccc(OP(=O)(Oc2ccc(C(=O)c3ccccc3)cc2)Oc2ccc(C(O)c3ccccc3)cc2)cc1. The van der Waals surface area contributed by atoms with Crippen molar-refractivity contribution in [1.82, 2.24) is 0 Å². The third-order valence-electron chi connectivity index (χ3n) is 7.27. The van der Waals surface area contributed by atoms with Crippen LogP contribution in [0.2, 0.25) is 0 Å². The molecule has 0 aliphatic rings. The van der Waals surface area contributed by atoms with Crippen LogP contribution >= 0.6 is 7.82 Å². The topological polar surface area (TPSA) is 99.1 Å². The van der Waals surface area contributed by atoms with E-state index in [1.165, 1.54) is 24.3 Å². The smallest absolute Gasteiger partial charge is 0.386 e. The van der Waals surface area contributed by atoms with Crippen molar-refractivity contribution in [3.63, 3.8) is 0 Å². The van der Waals surface area contributed by atoms with Gasteiger partial charge in [-0.25, -0.2) is 0 Å². The van der Waals surface area contributed by atoms with Crippen LogP contribution in [0.4, 0.5) is 0 Å². The Morgan fingerprint density at radius 3 is 1.11 bits per heavy atom. The largest absolute Gasteiger partial charge is 0.647 e. The first-order chi connectivity index (χ1) is 22.9. The average molecular weight is 641 g/mol. The monoisotopic (exact) mass is 640 g/mol. The van der Waals surface area contributed by atoms with Gasteiger partial charge in [0.15, 0.2) is 11.6 Å². The van der Waals surface area contributed by atoms with Gasteiger partial charge < -0.3 is 18.7 Å². The first kappa shape index (κ1) is 31.2. The van der Waals surface area contributed by atoms with Gasteiger partial charge in [-0.15, -0.1) is 0 Å². The molecular weight excluding hydrogens is 611 g/mol. The van der Waals surface area contributed by atoms with Gasteiger partial charge in [0.25, 0.3) is 0 Å². The van der Waals surface area contributed by atoms with Gasteiger partial charge in [-0.05, 0) is 71.8 Å². The number of ketones is 2. The summed E-state index contributed by atoms with van der Waals surface area (Å²) in [4.78, 5) is 25.7. The van der Waals surface area contributed by atoms with Gasteiger partial charge in [-0.3, -0.25) is 9.59 Å². The second-order valence-electron chi connectivity index (χ2n) is 10.5. The van der Waals surface area contributed by atoms with Crippen LogP contribution in [-0.2, 0) is 4.57 Å². The van der Waals surface area contributed by atoms with Crippen molar-refractivity contribution < 1.29 is 32.8 Å². The molecule has 0 bridgehead atoms. The first-order valence-corrected chi connectivity index (χ1v) is 16.2. The number of benzene rings is 6. The van der Waals surface area contributed by atoms with Crippen LogP contribution in [0.3, 0.4) is 0 Å². The maximum Gasteiger partial charge on any atom is 0.647 e. The van der Waals surface area contributed by atoms with Gasteiger partial charge in [0, 0.05) is 22.3 Å². The number of carbonyl (C=O) groups is 2. The molecule has 0 fully saturated rings. The average Bonchev–Trinajstić information content (AvgIpc) is 3.12. The van der Waals surface area contributed by atoms with E-state index in [0.29, 0.717) is 27.8 Å². The second-order valence-corrected chi connectivity index (χ2v) is 12.0. The number of aliphatic hydroxyl groups is 1. The highest BCUT2D eigenvalue weighted by atomic mass is 31.2. The summed E-state index contributed by atoms with van der Waals surface area (Å²) < 4.78 is 31.7. The van der Waals surface area contributed by atoms with E-state index >= 15 is 0 Å². The summed E-state index contributed by atoms with van der Waals surface area (Å²) in [5.41, 5.74) is 3.25. The maximum atomic E-state index is 14.2. The summed E-state index contributed by atoms with van der Waals surface area (Å²) in [6.07, 6.45) is -0.862. The van der Waals surface area contributed by atoms with E-state index in [4.69, 9.17) is 13.6 Å². The minimum absolute atomic E-state index is 0.143. The summed E-state index contributed by atoms with van der Waals surface area (Å²) in [7, 11) is -4.41. The summed E-state index contributed by atoms with van der Waals surface area (Å²) in [6, 6.07) is 45.7. The maximum absolute atomic E-state index is 14.2. The molecule has 0 amide bonds. The minimum atomic E-state index is -4.41. The normalized spacial score (nSPS) is 11.7. The van der Waals surface area contributed by atoms with Crippen molar-refractivity contribution in [3.8, 4) is 17.2 Å². The molecule has 0 saturated heterocycles. The van der Waals surface area contributed by atoms with Crippen molar-refractivity contribution in [2.75, 3.05) is 0 Å². The van der Waals surface area contributed by atoms with E-state index in [2.05, 4.69) is 0 Å². The van der Waals surface area contributed by atoms with Crippen LogP contribution in [-0.4, -0.2) is 16.7 Å². The van der Waals surface area contributed by atoms with E-state index in [-0.39, 0.29) is 28.8 Å². The van der Waals surface area contributed by atoms with Crippen molar-refractivity contribution in [2.24, 2.45) is 0 Å². The Bertz CT molecular complexity index is 1890. The van der Waals surface area contributed by atoms with E-state index in [9.17, 15) is 19.3 Å². The molecule has 7 nitrogen and oxygen atoms in total. The molecule has 0 aliphatic heterocycles. The lowest BCUT2D eigenvalue weighted by Gasteiger charge is -2.20. The van der Waals surface area contributed by atoms with Gasteiger partial charge in [0.05, 0.1) is 0 Å². The zero-order valence-electron chi connectivity index (χ0n) is 25.0. The number of carbonyl (C=O) groups excluding carboxylic acids is 2. The zero-order valence-corrected chi connectivity index (χ0v) is 25.9. The standard InChI is InChI=1S/C39H29O7P/c40-37(28-10-4-1-5-11-28)31-16-22-34(23-17-31)44-47(43,45-35-24-18-32(19-25-35)38(41)29-12-6-2-7-13-29)46-36-26-20-33(21-27-36)39(42)30-14-8-3-9-15-30/h1-27,37,40H. The van der Waals surface area contributed by atoms with Crippen LogP contribution in [0, 0.1) is 0 Å². The van der Waals surface area contributed by atoms with Gasteiger partial charge >= 0.3 is 7.82 Å². The summed E-state index contributed by atoms with van der Waals surface area (Å²) >= 11 is 0. The number of hydrogen-bond donors (Lipinski definition) is 1. The van der Waals surface area contributed by atoms with E-state index in [0.717, 1.165) is 5.56 Å². The van der Waals surface area contributed by atoms with Crippen molar-refractivity contribution in [2.45, 2.75) is 6.10 Å². The Morgan fingerprint density at radius 1 is 0.426 bits per heavy atom. The molecule has 6 aromatic rings. The van der Waals surface area contributed by atoms with Crippen molar-refractivity contribution in [1.29, 1.82) is 0 Å². The van der Waals surface area contributed by atoms with Gasteiger partial charge in [-0.2, -0.15) is 4.57 Å². The van der Waals surface area contributed by atoms with E-state index < -0.39 is 13.9 Å². The molecule has 6 aromatic carbocycles. The van der Waals surface area contributed by atoms with Gasteiger partial charge in [-0.1, -0.05) is 103 Å². The molecule has 1 atom stereocenters. The molecule has 0 aromatic heterocycles. The Kier molecular flexibility index (Phi) is 9.39. The Hall–Kier alpha value is -5.75. The molecule has 6 rings (SSSR count). The number of phosphoric ester groups is 1. The molecule has 0 heterocycles. The minimum Gasteiger partial charge on any atom is -0.386 e. The van der Waals surface area contributed by atoms with Crippen molar-refractivity contribution in [3.05, 3.63) is 197 Å². The lowest BCUT2D eigenvalue weighted by atomic mass is 10.0. The molecule has 232 valence electrons. The molecule has 8 heteroatoms. The molecule has 1 unspecified atom stereocenters. The predicted octanol–water partition coefficient (Wildman–Crippen LogP) is 8.88. The summed E-state index contributed by atoms with van der Waals surface area (Å²) in [5.74, 6) is 0.116. The summed E-state index contributed by atoms with van der Waals surface area (Å²) in [6.45, 7) is 0. The number of rotatable bonds is 12. The highest BCUT2D eigenvalue weighted by Crippen LogP contribution is 2.50. The highest BCUT2D eigenvalue weighted by Gasteiger charge is 2.33. The third kappa shape index (κ3) is 7.74. The van der Waals surface area contributed by atoms with Crippen LogP contribution in [0.25, 0.3) is 0 Å². The molecule has 1 N–H and O–H groups in total. The number of aliphatic hydroxyl groups excluding tert-OH is 1. The van der Waals surface area contributed by atoms with E-state index in [1.807, 2.05) is 42.5 Å². The molecule has 47 heavy (non-hydrogen) atoms. The Morgan fingerprint density at radius 2 is 0.723 bits per heavy atom. The molecule has 0 spiro atoms. The highest BCUT2D eigenvalue weighted by molar-refractivity contribution is 7.49. The first-order valence-electron chi connectivity index (χ1n) is 14.8. The van der Waals surface area contributed by atoms with Crippen LogP contribution in [0.15, 0.2) is 164 Å². The van der Waals surface area contributed by atoms with Gasteiger partial charge in [0.1, 0.15) is 23.4 Å². The van der Waals surface area contributed by atoms with Crippen LogP contribution in [0.5, 0.6) is 17.2 Å². The molecular formula is C39H29O7P. The fourth-order valence-electron chi connectivity index (χ4n) is 4.83. The predicted molar refractivity (Wildman–Crippen MR) is 179 cm³/mol. The lowest BCUT2D eigenvalue weighted by Crippen LogP contribution is -2.08. The van der Waals surface area contributed by atoms with Crippen molar-refractivity contribution >= 4 is 19.4 Å². The number of phosphoric acid groups is 1. The zero-order chi connectivity index (χ0) is 32.6. The summed E-state index contributed by atoms with van der Waals surface area (Å²) in [5, 5.41) is 10.8. The van der Waals surface area contributed by atoms with Crippen LogP contribution < -0.4 is 13.6 Å². The lowest BCUT2D eigenvalue weighted by molar-refractivity contribution is 0.103. The van der Waals surface area contributed by atoms with Gasteiger partial charge in [0.2, 0.25) is 0 Å². The fraction of sp³-hybridized carbons (Fsp3) is 0.0256. The second kappa shape index (κ2) is 14.1. The third-order valence-corrected chi connectivity index (χ3v) is 8.57. The molecule has 0 radical (unpaired) electrons. The Labute approximate surface area is 272 Å². The Balaban J connectivity index is 1.24.